The van der Waals surface area contributed by atoms with E-state index in [0.29, 0.717) is 12.8 Å². The Bertz CT molecular complexity index is 1520. The molecule has 34 heavy (non-hydrogen) atoms. The van der Waals surface area contributed by atoms with Gasteiger partial charge in [-0.15, -0.1) is 0 Å². The molecule has 5 aromatic rings. The van der Waals surface area contributed by atoms with E-state index in [1.54, 1.807) is 21.6 Å². The van der Waals surface area contributed by atoms with Crippen LogP contribution in [0.15, 0.2) is 36.9 Å². The lowest BCUT2D eigenvalue weighted by molar-refractivity contribution is -0.142. The van der Waals surface area contributed by atoms with Crippen LogP contribution in [0.1, 0.15) is 43.0 Å². The van der Waals surface area contributed by atoms with Crippen LogP contribution in [0.2, 0.25) is 0 Å². The van der Waals surface area contributed by atoms with E-state index in [-0.39, 0.29) is 11.8 Å². The molecule has 1 aliphatic rings. The summed E-state index contributed by atoms with van der Waals surface area (Å²) in [5.74, 6) is -0.782. The Balaban J connectivity index is 1.43. The Morgan fingerprint density at radius 2 is 1.88 bits per heavy atom. The van der Waals surface area contributed by atoms with Crippen molar-refractivity contribution in [2.75, 3.05) is 0 Å². The van der Waals surface area contributed by atoms with Gasteiger partial charge in [-0.3, -0.25) is 19.6 Å². The maximum absolute atomic E-state index is 11.4. The minimum atomic E-state index is -0.702. The van der Waals surface area contributed by atoms with E-state index >= 15 is 0 Å². The molecule has 1 aliphatic carbocycles. The number of carboxylic acid groups (broad SMARTS) is 1. The lowest BCUT2D eigenvalue weighted by Crippen LogP contribution is -2.21. The predicted octanol–water partition coefficient (Wildman–Crippen LogP) is 3.73. The molecule has 0 atom stereocenters. The van der Waals surface area contributed by atoms with Gasteiger partial charge >= 0.3 is 5.97 Å². The number of aromatic nitrogens is 8. The molecule has 1 fully saturated rings. The van der Waals surface area contributed by atoms with Crippen molar-refractivity contribution in [3.8, 4) is 22.4 Å². The zero-order valence-electron chi connectivity index (χ0n) is 18.9. The Kier molecular flexibility index (Phi) is 4.68. The number of hydrogen-bond donors (Lipinski definition) is 2. The Labute approximate surface area is 194 Å². The third-order valence-electron chi connectivity index (χ3n) is 6.89. The van der Waals surface area contributed by atoms with Crippen LogP contribution in [0.25, 0.3) is 39.1 Å². The number of nitrogens with zero attached hydrogens (tertiary/aromatic N) is 7. The molecule has 1 saturated carbocycles. The van der Waals surface area contributed by atoms with Crippen LogP contribution in [0, 0.1) is 12.8 Å². The molecule has 0 aliphatic heterocycles. The number of carboxylic acids is 1. The summed E-state index contributed by atoms with van der Waals surface area (Å²) in [5.41, 5.74) is 6.99. The molecule has 10 nitrogen and oxygen atoms in total. The smallest absolute Gasteiger partial charge is 0.306 e. The van der Waals surface area contributed by atoms with Crippen molar-refractivity contribution in [1.29, 1.82) is 0 Å². The van der Waals surface area contributed by atoms with Gasteiger partial charge in [0.05, 0.1) is 35.1 Å². The number of carbonyl (C=O) groups is 1. The standard InChI is InChI=1S/C24H24N8O2/c1-13-20-21(14-3-5-15(6-4-14)24(33)34)28-22-18(11-27-32(22)23(20)30-29-13)16-7-8-19(25-9-16)17-10-26-31(2)12-17/h7-12,14-15H,3-6H2,1-2H3,(H,29,30)(H,33,34). The molecule has 2 N–H and O–H groups in total. The van der Waals surface area contributed by atoms with Crippen molar-refractivity contribution >= 4 is 22.6 Å². The summed E-state index contributed by atoms with van der Waals surface area (Å²) in [4.78, 5) is 21.2. The van der Waals surface area contributed by atoms with Gasteiger partial charge in [0.1, 0.15) is 0 Å². The van der Waals surface area contributed by atoms with Crippen molar-refractivity contribution in [2.24, 2.45) is 13.0 Å². The number of hydrogen-bond acceptors (Lipinski definition) is 6. The Morgan fingerprint density at radius 1 is 1.06 bits per heavy atom. The maximum Gasteiger partial charge on any atom is 0.306 e. The monoisotopic (exact) mass is 456 g/mol. The summed E-state index contributed by atoms with van der Waals surface area (Å²) in [6.45, 7) is 1.99. The number of nitrogens with one attached hydrogen (secondary N) is 1. The van der Waals surface area contributed by atoms with Crippen LogP contribution in [-0.4, -0.2) is 50.6 Å². The number of fused-ring (bicyclic) bond motifs is 3. The quantitative estimate of drug-likeness (QED) is 0.422. The number of H-pyrrole nitrogens is 1. The number of aromatic amines is 1. The zero-order valence-corrected chi connectivity index (χ0v) is 18.9. The fourth-order valence-corrected chi connectivity index (χ4v) is 5.04. The lowest BCUT2D eigenvalue weighted by atomic mass is 9.79. The summed E-state index contributed by atoms with van der Waals surface area (Å²) in [5, 5.41) is 26.8. The molecule has 0 bridgehead atoms. The molecule has 0 spiro atoms. The van der Waals surface area contributed by atoms with Gasteiger partial charge in [0, 0.05) is 47.7 Å². The Morgan fingerprint density at radius 3 is 2.56 bits per heavy atom. The topological polar surface area (TPSA) is 127 Å². The van der Waals surface area contributed by atoms with Crippen LogP contribution in [0.5, 0.6) is 0 Å². The third kappa shape index (κ3) is 3.25. The van der Waals surface area contributed by atoms with Crippen LogP contribution in [0.4, 0.5) is 0 Å². The second-order valence-corrected chi connectivity index (χ2v) is 9.06. The van der Waals surface area contributed by atoms with E-state index in [2.05, 4.69) is 25.4 Å². The molecule has 6 rings (SSSR count). The van der Waals surface area contributed by atoms with Crippen molar-refractivity contribution in [2.45, 2.75) is 38.5 Å². The predicted molar refractivity (Wildman–Crippen MR) is 125 cm³/mol. The molecule has 0 amide bonds. The highest BCUT2D eigenvalue weighted by atomic mass is 16.4. The van der Waals surface area contributed by atoms with Gasteiger partial charge in [0.15, 0.2) is 11.3 Å². The average molecular weight is 457 g/mol. The largest absolute Gasteiger partial charge is 0.481 e. The number of pyridine rings is 1. The normalized spacial score (nSPS) is 18.6. The minimum Gasteiger partial charge on any atom is -0.481 e. The van der Waals surface area contributed by atoms with Crippen molar-refractivity contribution in [1.82, 2.24) is 39.6 Å². The van der Waals surface area contributed by atoms with E-state index in [0.717, 1.165) is 63.3 Å². The van der Waals surface area contributed by atoms with Crippen molar-refractivity contribution in [3.63, 3.8) is 0 Å². The first-order chi connectivity index (χ1) is 16.5. The molecule has 0 saturated heterocycles. The molecule has 0 unspecified atom stereocenters. The van der Waals surface area contributed by atoms with E-state index in [9.17, 15) is 9.90 Å². The minimum absolute atomic E-state index is 0.188. The SMILES string of the molecule is Cc1[nH]nc2c1c(C1CCC(C(=O)O)CC1)nc1c(-c3ccc(-c4cnn(C)c4)nc3)cnn12. The molecule has 172 valence electrons. The van der Waals surface area contributed by atoms with Crippen LogP contribution < -0.4 is 0 Å². The van der Waals surface area contributed by atoms with Gasteiger partial charge in [-0.1, -0.05) is 6.07 Å². The van der Waals surface area contributed by atoms with Crippen molar-refractivity contribution < 1.29 is 9.90 Å². The molecule has 10 heteroatoms. The number of rotatable bonds is 4. The van der Waals surface area contributed by atoms with Crippen LogP contribution >= 0.6 is 0 Å². The summed E-state index contributed by atoms with van der Waals surface area (Å²) in [6, 6.07) is 3.99. The first-order valence-electron chi connectivity index (χ1n) is 11.4. The first kappa shape index (κ1) is 20.5. The van der Waals surface area contributed by atoms with Gasteiger partial charge in [0.25, 0.3) is 0 Å². The maximum atomic E-state index is 11.4. The average Bonchev–Trinajstić information content (AvgIpc) is 3.57. The molecule has 0 aromatic carbocycles. The van der Waals surface area contributed by atoms with Gasteiger partial charge in [-0.05, 0) is 38.7 Å². The van der Waals surface area contributed by atoms with Crippen molar-refractivity contribution in [3.05, 3.63) is 48.3 Å². The number of aliphatic carboxylic acids is 1. The fraction of sp³-hybridized carbons (Fsp3) is 0.333. The van der Waals surface area contributed by atoms with E-state index in [1.165, 1.54) is 0 Å². The third-order valence-corrected chi connectivity index (χ3v) is 6.89. The highest BCUT2D eigenvalue weighted by molar-refractivity contribution is 5.87. The van der Waals surface area contributed by atoms with Gasteiger partial charge in [-0.2, -0.15) is 19.8 Å². The second-order valence-electron chi connectivity index (χ2n) is 9.06. The zero-order chi connectivity index (χ0) is 23.4. The lowest BCUT2D eigenvalue weighted by Gasteiger charge is -2.26. The van der Waals surface area contributed by atoms with Crippen LogP contribution in [-0.2, 0) is 11.8 Å². The molecule has 5 aromatic heterocycles. The summed E-state index contributed by atoms with van der Waals surface area (Å²) in [6.07, 6.45) is 10.3. The summed E-state index contributed by atoms with van der Waals surface area (Å²) >= 11 is 0. The molecular weight excluding hydrogens is 432 g/mol. The highest BCUT2D eigenvalue weighted by Crippen LogP contribution is 2.39. The summed E-state index contributed by atoms with van der Waals surface area (Å²) in [7, 11) is 1.88. The highest BCUT2D eigenvalue weighted by Gasteiger charge is 2.30. The van der Waals surface area contributed by atoms with Crippen LogP contribution in [0.3, 0.4) is 0 Å². The van der Waals surface area contributed by atoms with Gasteiger partial charge < -0.3 is 5.11 Å². The second kappa shape index (κ2) is 7.75. The van der Waals surface area contributed by atoms with E-state index < -0.39 is 5.97 Å². The first-order valence-corrected chi connectivity index (χ1v) is 11.4. The summed E-state index contributed by atoms with van der Waals surface area (Å²) < 4.78 is 3.53. The van der Waals surface area contributed by atoms with E-state index in [4.69, 9.17) is 4.98 Å². The molecule has 0 radical (unpaired) electrons. The fourth-order valence-electron chi connectivity index (χ4n) is 5.04. The van der Waals surface area contributed by atoms with E-state index in [1.807, 2.05) is 38.5 Å². The van der Waals surface area contributed by atoms with Gasteiger partial charge in [-0.25, -0.2) is 4.98 Å². The Hall–Kier alpha value is -4.08. The molecule has 5 heterocycles. The molecular formula is C24H24N8O2. The number of aryl methyl sites for hydroxylation is 2. The van der Waals surface area contributed by atoms with Gasteiger partial charge in [0.2, 0.25) is 0 Å².